The lowest BCUT2D eigenvalue weighted by Gasteiger charge is -2.29. The highest BCUT2D eigenvalue weighted by Crippen LogP contribution is 2.35. The zero-order valence-corrected chi connectivity index (χ0v) is 21.0. The van der Waals surface area contributed by atoms with E-state index in [1.54, 1.807) is 7.11 Å². The number of nitrogens with one attached hydrogen (secondary N) is 2. The number of hydrogen-bond donors (Lipinski definition) is 3. The maximum absolute atomic E-state index is 9.97. The van der Waals surface area contributed by atoms with E-state index in [0.717, 1.165) is 48.2 Å². The van der Waals surface area contributed by atoms with Crippen molar-refractivity contribution >= 4 is 38.6 Å². The van der Waals surface area contributed by atoms with Crippen LogP contribution in [0, 0.1) is 5.92 Å². The lowest BCUT2D eigenvalue weighted by Crippen LogP contribution is -2.31. The van der Waals surface area contributed by atoms with E-state index in [0.29, 0.717) is 28.1 Å². The second kappa shape index (κ2) is 10.6. The van der Waals surface area contributed by atoms with Crippen LogP contribution in [0.4, 0.5) is 11.8 Å². The fraction of sp³-hybridized carbons (Fsp3) is 0.440. The van der Waals surface area contributed by atoms with Gasteiger partial charge in [0.1, 0.15) is 5.82 Å². The highest BCUT2D eigenvalue weighted by atomic mass is 79.9. The van der Waals surface area contributed by atoms with Crippen molar-refractivity contribution in [2.75, 3.05) is 38.0 Å². The number of phenols is 1. The van der Waals surface area contributed by atoms with Gasteiger partial charge in [0.2, 0.25) is 5.95 Å². The Hall–Kier alpha value is -2.58. The molecule has 0 radical (unpaired) electrons. The SMILES string of the molecule is COc1cc(CNC[C@H]2CC[C@@H](Nc3nc(N(C)C)c4ccccc4n3)CC2)cc(Br)c1O. The maximum Gasteiger partial charge on any atom is 0.225 e. The normalized spacial score (nSPS) is 18.3. The van der Waals surface area contributed by atoms with E-state index in [4.69, 9.17) is 14.7 Å². The second-order valence-electron chi connectivity index (χ2n) is 8.90. The molecule has 7 nitrogen and oxygen atoms in total. The van der Waals surface area contributed by atoms with Crippen LogP contribution in [-0.4, -0.2) is 48.9 Å². The van der Waals surface area contributed by atoms with Gasteiger partial charge in [-0.15, -0.1) is 0 Å². The molecule has 1 fully saturated rings. The van der Waals surface area contributed by atoms with E-state index in [1.807, 2.05) is 49.3 Å². The van der Waals surface area contributed by atoms with Gasteiger partial charge in [0.15, 0.2) is 11.5 Å². The molecule has 0 bridgehead atoms. The Morgan fingerprint density at radius 2 is 1.88 bits per heavy atom. The molecule has 1 aromatic heterocycles. The Bertz CT molecular complexity index is 1100. The Balaban J connectivity index is 1.29. The Morgan fingerprint density at radius 3 is 2.61 bits per heavy atom. The number of fused-ring (bicyclic) bond motifs is 1. The number of ether oxygens (including phenoxy) is 1. The van der Waals surface area contributed by atoms with Crippen molar-refractivity contribution in [1.29, 1.82) is 0 Å². The average molecular weight is 514 g/mol. The van der Waals surface area contributed by atoms with Crippen molar-refractivity contribution in [2.45, 2.75) is 38.3 Å². The van der Waals surface area contributed by atoms with Crippen LogP contribution in [0.25, 0.3) is 10.9 Å². The highest BCUT2D eigenvalue weighted by Gasteiger charge is 2.22. The molecule has 0 aliphatic heterocycles. The van der Waals surface area contributed by atoms with E-state index in [1.165, 1.54) is 12.8 Å². The van der Waals surface area contributed by atoms with Crippen LogP contribution in [0.2, 0.25) is 0 Å². The first-order valence-corrected chi connectivity index (χ1v) is 12.2. The first-order valence-electron chi connectivity index (χ1n) is 11.4. The summed E-state index contributed by atoms with van der Waals surface area (Å²) < 4.78 is 5.89. The Labute approximate surface area is 203 Å². The van der Waals surface area contributed by atoms with Crippen LogP contribution in [0.5, 0.6) is 11.5 Å². The monoisotopic (exact) mass is 513 g/mol. The van der Waals surface area contributed by atoms with E-state index < -0.39 is 0 Å². The van der Waals surface area contributed by atoms with Gasteiger partial charge in [-0.05, 0) is 83.9 Å². The molecule has 2 aromatic carbocycles. The summed E-state index contributed by atoms with van der Waals surface area (Å²) >= 11 is 3.39. The van der Waals surface area contributed by atoms with Gasteiger partial charge in [0, 0.05) is 32.1 Å². The maximum atomic E-state index is 9.97. The lowest BCUT2D eigenvalue weighted by molar-refractivity contribution is 0.323. The molecule has 1 aliphatic rings. The predicted molar refractivity (Wildman–Crippen MR) is 137 cm³/mol. The Kier molecular flexibility index (Phi) is 7.55. The molecule has 1 heterocycles. The van der Waals surface area contributed by atoms with Gasteiger partial charge in [-0.25, -0.2) is 4.98 Å². The Morgan fingerprint density at radius 1 is 1.12 bits per heavy atom. The third-order valence-corrected chi connectivity index (χ3v) is 6.86. The topological polar surface area (TPSA) is 82.5 Å². The minimum atomic E-state index is 0.139. The number of phenolic OH excluding ortho intramolecular Hbond substituents is 1. The second-order valence-corrected chi connectivity index (χ2v) is 9.76. The number of aromatic hydroxyl groups is 1. The fourth-order valence-corrected chi connectivity index (χ4v) is 4.95. The molecule has 3 aromatic rings. The van der Waals surface area contributed by atoms with Crippen molar-refractivity contribution in [3.05, 3.63) is 46.4 Å². The zero-order chi connectivity index (χ0) is 23.4. The number of rotatable bonds is 8. The first kappa shape index (κ1) is 23.6. The molecule has 0 spiro atoms. The molecule has 0 amide bonds. The number of para-hydroxylation sites is 1. The van der Waals surface area contributed by atoms with Crippen LogP contribution in [-0.2, 0) is 6.54 Å². The molecule has 1 saturated carbocycles. The van der Waals surface area contributed by atoms with Gasteiger partial charge in [-0.2, -0.15) is 4.98 Å². The lowest BCUT2D eigenvalue weighted by atomic mass is 9.86. The summed E-state index contributed by atoms with van der Waals surface area (Å²) in [4.78, 5) is 11.6. The number of anilines is 2. The fourth-order valence-electron chi connectivity index (χ4n) is 4.46. The summed E-state index contributed by atoms with van der Waals surface area (Å²) in [6.45, 7) is 1.72. The number of nitrogens with zero attached hydrogens (tertiary/aromatic N) is 3. The van der Waals surface area contributed by atoms with E-state index >= 15 is 0 Å². The predicted octanol–water partition coefficient (Wildman–Crippen LogP) is 4.93. The number of benzene rings is 2. The van der Waals surface area contributed by atoms with Crippen LogP contribution in [0.15, 0.2) is 40.9 Å². The van der Waals surface area contributed by atoms with Gasteiger partial charge >= 0.3 is 0 Å². The van der Waals surface area contributed by atoms with Gasteiger partial charge in [-0.3, -0.25) is 0 Å². The molecular formula is C25H32BrN5O2. The minimum absolute atomic E-state index is 0.139. The minimum Gasteiger partial charge on any atom is -0.503 e. The number of methoxy groups -OCH3 is 1. The molecule has 8 heteroatoms. The third-order valence-electron chi connectivity index (χ3n) is 6.26. The van der Waals surface area contributed by atoms with Gasteiger partial charge in [0.25, 0.3) is 0 Å². The van der Waals surface area contributed by atoms with Gasteiger partial charge in [0.05, 0.1) is 17.1 Å². The van der Waals surface area contributed by atoms with Crippen molar-refractivity contribution in [2.24, 2.45) is 5.92 Å². The number of aromatic nitrogens is 2. The van der Waals surface area contributed by atoms with Crippen LogP contribution < -0.4 is 20.3 Å². The molecule has 0 unspecified atom stereocenters. The largest absolute Gasteiger partial charge is 0.503 e. The molecule has 33 heavy (non-hydrogen) atoms. The molecular weight excluding hydrogens is 482 g/mol. The molecule has 0 saturated heterocycles. The molecule has 1 aliphatic carbocycles. The number of hydrogen-bond acceptors (Lipinski definition) is 7. The van der Waals surface area contributed by atoms with Gasteiger partial charge in [-0.1, -0.05) is 12.1 Å². The molecule has 0 atom stereocenters. The van der Waals surface area contributed by atoms with Crippen molar-refractivity contribution in [3.63, 3.8) is 0 Å². The average Bonchev–Trinajstić information content (AvgIpc) is 2.81. The molecule has 4 rings (SSSR count). The van der Waals surface area contributed by atoms with Crippen molar-refractivity contribution in [3.8, 4) is 11.5 Å². The smallest absolute Gasteiger partial charge is 0.225 e. The van der Waals surface area contributed by atoms with Crippen LogP contribution in [0.1, 0.15) is 31.2 Å². The molecule has 3 N–H and O–H groups in total. The summed E-state index contributed by atoms with van der Waals surface area (Å²) in [5.41, 5.74) is 2.05. The first-order chi connectivity index (χ1) is 15.9. The summed E-state index contributed by atoms with van der Waals surface area (Å²) in [5.74, 6) is 2.94. The van der Waals surface area contributed by atoms with E-state index in [9.17, 15) is 5.11 Å². The summed E-state index contributed by atoms with van der Waals surface area (Å²) in [5, 5.41) is 18.2. The van der Waals surface area contributed by atoms with E-state index in [2.05, 4.69) is 32.6 Å². The van der Waals surface area contributed by atoms with Crippen molar-refractivity contribution < 1.29 is 9.84 Å². The van der Waals surface area contributed by atoms with Crippen LogP contribution >= 0.6 is 15.9 Å². The summed E-state index contributed by atoms with van der Waals surface area (Å²) in [6.07, 6.45) is 4.56. The third kappa shape index (κ3) is 5.68. The van der Waals surface area contributed by atoms with Crippen molar-refractivity contribution in [1.82, 2.24) is 15.3 Å². The van der Waals surface area contributed by atoms with E-state index in [-0.39, 0.29) is 5.75 Å². The van der Waals surface area contributed by atoms with Gasteiger partial charge < -0.3 is 25.4 Å². The quantitative estimate of drug-likeness (QED) is 0.393. The highest BCUT2D eigenvalue weighted by molar-refractivity contribution is 9.10. The summed E-state index contributed by atoms with van der Waals surface area (Å²) in [6, 6.07) is 12.4. The summed E-state index contributed by atoms with van der Waals surface area (Å²) in [7, 11) is 5.60. The zero-order valence-electron chi connectivity index (χ0n) is 19.4. The van der Waals surface area contributed by atoms with Crippen LogP contribution in [0.3, 0.4) is 0 Å². The molecule has 176 valence electrons. The standard InChI is InChI=1S/C25H32BrN5O2/c1-31(2)24-19-6-4-5-7-21(19)29-25(30-24)28-18-10-8-16(9-11-18)14-27-15-17-12-20(26)23(32)22(13-17)33-3/h4-7,12-13,16,18,27,32H,8-11,14-15H2,1-3H3,(H,28,29,30)/t16-,18+. The number of halogens is 1.